The molecular formula is C17H26N2O2S. The molecule has 0 spiro atoms. The van der Waals surface area contributed by atoms with Gasteiger partial charge < -0.3 is 10.0 Å². The first-order valence-corrected chi connectivity index (χ1v) is 8.58. The molecule has 0 aromatic carbocycles. The standard InChI is InChI=1S/C17H26N2O2S/c1-16(2,3)22-14-11-12(8-9-18-14)15(20)19-10-6-7-13(19)17(4,5)21/h8-9,11,13,21H,6-7,10H2,1-5H3. The number of pyridine rings is 1. The van der Waals surface area contributed by atoms with Crippen LogP contribution in [-0.4, -0.2) is 43.8 Å². The zero-order chi connectivity index (χ0) is 16.5. The Morgan fingerprint density at radius 1 is 1.36 bits per heavy atom. The quantitative estimate of drug-likeness (QED) is 0.867. The Balaban J connectivity index is 2.21. The monoisotopic (exact) mass is 322 g/mol. The summed E-state index contributed by atoms with van der Waals surface area (Å²) >= 11 is 1.65. The largest absolute Gasteiger partial charge is 0.388 e. The fourth-order valence-corrected chi connectivity index (χ4v) is 3.75. The van der Waals surface area contributed by atoms with Gasteiger partial charge in [0.2, 0.25) is 0 Å². The number of aromatic nitrogens is 1. The van der Waals surface area contributed by atoms with E-state index in [1.165, 1.54) is 0 Å². The van der Waals surface area contributed by atoms with Crippen molar-refractivity contribution in [1.29, 1.82) is 0 Å². The van der Waals surface area contributed by atoms with Crippen LogP contribution in [-0.2, 0) is 0 Å². The maximum Gasteiger partial charge on any atom is 0.254 e. The number of amides is 1. The van der Waals surface area contributed by atoms with Crippen LogP contribution in [0, 0.1) is 0 Å². The lowest BCUT2D eigenvalue weighted by molar-refractivity contribution is 0.000321. The lowest BCUT2D eigenvalue weighted by atomic mass is 9.96. The summed E-state index contributed by atoms with van der Waals surface area (Å²) < 4.78 is 0.0535. The van der Waals surface area contributed by atoms with Crippen LogP contribution in [0.1, 0.15) is 57.8 Å². The molecule has 0 radical (unpaired) electrons. The van der Waals surface area contributed by atoms with Gasteiger partial charge in [-0.3, -0.25) is 4.79 Å². The Kier molecular flexibility index (Phi) is 4.87. The van der Waals surface area contributed by atoms with Crippen molar-refractivity contribution in [2.24, 2.45) is 0 Å². The van der Waals surface area contributed by atoms with Gasteiger partial charge in [-0.05, 0) is 38.8 Å². The predicted molar refractivity (Wildman–Crippen MR) is 90.2 cm³/mol. The van der Waals surface area contributed by atoms with E-state index in [1.807, 2.05) is 6.07 Å². The molecule has 1 amide bonds. The number of rotatable bonds is 3. The highest BCUT2D eigenvalue weighted by molar-refractivity contribution is 8.00. The number of aliphatic hydroxyl groups is 1. The van der Waals surface area contributed by atoms with E-state index in [-0.39, 0.29) is 16.7 Å². The van der Waals surface area contributed by atoms with E-state index in [0.29, 0.717) is 12.1 Å². The van der Waals surface area contributed by atoms with Crippen molar-refractivity contribution >= 4 is 17.7 Å². The lowest BCUT2D eigenvalue weighted by Crippen LogP contribution is -2.48. The van der Waals surface area contributed by atoms with E-state index in [2.05, 4.69) is 25.8 Å². The van der Waals surface area contributed by atoms with E-state index < -0.39 is 5.60 Å². The molecule has 1 unspecified atom stereocenters. The fraction of sp³-hybridized carbons (Fsp3) is 0.647. The first-order valence-electron chi connectivity index (χ1n) is 7.76. The predicted octanol–water partition coefficient (Wildman–Crippen LogP) is 3.35. The minimum Gasteiger partial charge on any atom is -0.388 e. The van der Waals surface area contributed by atoms with Gasteiger partial charge in [-0.1, -0.05) is 20.8 Å². The highest BCUT2D eigenvalue weighted by Crippen LogP contribution is 2.32. The molecule has 1 fully saturated rings. The molecule has 1 aromatic rings. The van der Waals surface area contributed by atoms with Crippen molar-refractivity contribution in [3.8, 4) is 0 Å². The van der Waals surface area contributed by atoms with Gasteiger partial charge in [0.05, 0.1) is 16.7 Å². The minimum atomic E-state index is -0.873. The van der Waals surface area contributed by atoms with E-state index >= 15 is 0 Å². The summed E-state index contributed by atoms with van der Waals surface area (Å²) in [7, 11) is 0. The Hall–Kier alpha value is -1.07. The van der Waals surface area contributed by atoms with Crippen molar-refractivity contribution in [1.82, 2.24) is 9.88 Å². The van der Waals surface area contributed by atoms with Gasteiger partial charge >= 0.3 is 0 Å². The molecule has 1 aliphatic rings. The number of nitrogens with zero attached hydrogens (tertiary/aromatic N) is 2. The van der Waals surface area contributed by atoms with Crippen molar-refractivity contribution in [3.63, 3.8) is 0 Å². The molecule has 1 aromatic heterocycles. The molecule has 4 nitrogen and oxygen atoms in total. The van der Waals surface area contributed by atoms with Crippen LogP contribution >= 0.6 is 11.8 Å². The van der Waals surface area contributed by atoms with E-state index in [4.69, 9.17) is 0 Å². The van der Waals surface area contributed by atoms with Crippen LogP contribution in [0.4, 0.5) is 0 Å². The summed E-state index contributed by atoms with van der Waals surface area (Å²) in [6.07, 6.45) is 3.48. The summed E-state index contributed by atoms with van der Waals surface area (Å²) in [6.45, 7) is 10.6. The van der Waals surface area contributed by atoms with Crippen molar-refractivity contribution in [3.05, 3.63) is 23.9 Å². The van der Waals surface area contributed by atoms with Gasteiger partial charge in [-0.15, -0.1) is 11.8 Å². The van der Waals surface area contributed by atoms with Gasteiger partial charge in [0.15, 0.2) is 0 Å². The van der Waals surface area contributed by atoms with Crippen LogP contribution in [0.15, 0.2) is 23.4 Å². The number of likely N-dealkylation sites (tertiary alicyclic amines) is 1. The molecular weight excluding hydrogens is 296 g/mol. The normalized spacial score (nSPS) is 19.5. The van der Waals surface area contributed by atoms with Crippen LogP contribution in [0.25, 0.3) is 0 Å². The van der Waals surface area contributed by atoms with Crippen molar-refractivity contribution in [2.45, 2.75) is 68.9 Å². The zero-order valence-electron chi connectivity index (χ0n) is 14.1. The molecule has 0 saturated carbocycles. The van der Waals surface area contributed by atoms with E-state index in [9.17, 15) is 9.90 Å². The molecule has 1 aliphatic heterocycles. The molecule has 0 aliphatic carbocycles. The average molecular weight is 322 g/mol. The van der Waals surface area contributed by atoms with E-state index in [1.54, 1.807) is 42.8 Å². The number of hydrogen-bond acceptors (Lipinski definition) is 4. The molecule has 1 N–H and O–H groups in total. The van der Waals surface area contributed by atoms with Crippen molar-refractivity contribution in [2.75, 3.05) is 6.54 Å². The summed E-state index contributed by atoms with van der Waals surface area (Å²) in [5.74, 6) is -0.0113. The van der Waals surface area contributed by atoms with Gasteiger partial charge in [-0.25, -0.2) is 4.98 Å². The Labute approximate surface area is 137 Å². The zero-order valence-corrected chi connectivity index (χ0v) is 14.9. The third-order valence-corrected chi connectivity index (χ3v) is 4.77. The molecule has 5 heteroatoms. The van der Waals surface area contributed by atoms with Gasteiger partial charge in [0.1, 0.15) is 0 Å². The average Bonchev–Trinajstić information content (AvgIpc) is 2.85. The lowest BCUT2D eigenvalue weighted by Gasteiger charge is -2.33. The summed E-state index contributed by atoms with van der Waals surface area (Å²) in [5, 5.41) is 11.1. The highest BCUT2D eigenvalue weighted by atomic mass is 32.2. The molecule has 22 heavy (non-hydrogen) atoms. The third kappa shape index (κ3) is 4.23. The molecule has 2 heterocycles. The van der Waals surface area contributed by atoms with Crippen LogP contribution in [0.5, 0.6) is 0 Å². The first kappa shape index (κ1) is 17.3. The third-order valence-electron chi connectivity index (χ3n) is 3.72. The SMILES string of the molecule is CC(C)(C)Sc1cc(C(=O)N2CCCC2C(C)(C)O)ccn1. The fourth-order valence-electron chi connectivity index (χ4n) is 2.82. The number of hydrogen-bond donors (Lipinski definition) is 1. The van der Waals surface area contributed by atoms with Gasteiger partial charge in [0.25, 0.3) is 5.91 Å². The molecule has 1 atom stereocenters. The highest BCUT2D eigenvalue weighted by Gasteiger charge is 2.38. The topological polar surface area (TPSA) is 53.4 Å². The first-order chi connectivity index (χ1) is 10.1. The second-order valence-electron chi connectivity index (χ2n) is 7.41. The maximum atomic E-state index is 12.8. The Bertz CT molecular complexity index is 546. The van der Waals surface area contributed by atoms with E-state index in [0.717, 1.165) is 17.9 Å². The summed E-state index contributed by atoms with van der Waals surface area (Å²) in [6, 6.07) is 3.50. The summed E-state index contributed by atoms with van der Waals surface area (Å²) in [4.78, 5) is 19.0. The van der Waals surface area contributed by atoms with Crippen LogP contribution < -0.4 is 0 Å². The molecule has 1 saturated heterocycles. The van der Waals surface area contributed by atoms with Gasteiger partial charge in [-0.2, -0.15) is 0 Å². The number of carbonyl (C=O) groups excluding carboxylic acids is 1. The second kappa shape index (κ2) is 6.20. The van der Waals surface area contributed by atoms with Crippen LogP contribution in [0.3, 0.4) is 0 Å². The summed E-state index contributed by atoms with van der Waals surface area (Å²) in [5.41, 5.74) is -0.222. The maximum absolute atomic E-state index is 12.8. The van der Waals surface area contributed by atoms with Gasteiger partial charge in [0, 0.05) is 23.1 Å². The molecule has 122 valence electrons. The second-order valence-corrected chi connectivity index (χ2v) is 9.25. The number of thioether (sulfide) groups is 1. The molecule has 2 rings (SSSR count). The van der Waals surface area contributed by atoms with Crippen LogP contribution in [0.2, 0.25) is 0 Å². The Morgan fingerprint density at radius 2 is 2.05 bits per heavy atom. The molecule has 0 bridgehead atoms. The Morgan fingerprint density at radius 3 is 2.64 bits per heavy atom. The smallest absolute Gasteiger partial charge is 0.254 e. The minimum absolute atomic E-state index is 0.0113. The number of carbonyl (C=O) groups is 1. The van der Waals surface area contributed by atoms with Crippen molar-refractivity contribution < 1.29 is 9.90 Å².